The van der Waals surface area contributed by atoms with E-state index in [0.717, 1.165) is 11.3 Å². The predicted molar refractivity (Wildman–Crippen MR) is 107 cm³/mol. The summed E-state index contributed by atoms with van der Waals surface area (Å²) in [7, 11) is 0. The molecule has 0 radical (unpaired) electrons. The Morgan fingerprint density at radius 2 is 1.70 bits per heavy atom. The van der Waals surface area contributed by atoms with E-state index in [2.05, 4.69) is 45.2 Å². The number of fused-ring (bicyclic) bond motifs is 1. The zero-order chi connectivity index (χ0) is 18.5. The summed E-state index contributed by atoms with van der Waals surface area (Å²) in [6.07, 6.45) is 6.13. The van der Waals surface area contributed by atoms with Crippen molar-refractivity contribution in [3.05, 3.63) is 103 Å². The van der Waals surface area contributed by atoms with Crippen LogP contribution in [-0.2, 0) is 11.3 Å². The van der Waals surface area contributed by atoms with Crippen molar-refractivity contribution < 1.29 is 4.79 Å². The quantitative estimate of drug-likeness (QED) is 0.559. The summed E-state index contributed by atoms with van der Waals surface area (Å²) in [5, 5.41) is 5.35. The zero-order valence-corrected chi connectivity index (χ0v) is 15.0. The normalized spacial score (nSPS) is 12.0. The first-order valence-corrected chi connectivity index (χ1v) is 9.08. The van der Waals surface area contributed by atoms with Gasteiger partial charge in [-0.25, -0.2) is 0 Å². The number of hydrogen-bond acceptors (Lipinski definition) is 2. The highest BCUT2D eigenvalue weighted by Crippen LogP contribution is 2.29. The van der Waals surface area contributed by atoms with Crippen LogP contribution in [-0.4, -0.2) is 15.5 Å². The van der Waals surface area contributed by atoms with Crippen LogP contribution in [0.3, 0.4) is 0 Å². The van der Waals surface area contributed by atoms with Crippen LogP contribution in [0.1, 0.15) is 23.7 Å². The Bertz CT molecular complexity index is 1020. The molecule has 0 aliphatic carbocycles. The maximum absolute atomic E-state index is 12.7. The van der Waals surface area contributed by atoms with Crippen LogP contribution in [0.15, 0.2) is 91.4 Å². The van der Waals surface area contributed by atoms with Crippen molar-refractivity contribution >= 4 is 16.7 Å². The van der Waals surface area contributed by atoms with Crippen molar-refractivity contribution in [3.63, 3.8) is 0 Å². The Morgan fingerprint density at radius 1 is 0.926 bits per heavy atom. The average molecular weight is 355 g/mol. The summed E-state index contributed by atoms with van der Waals surface area (Å²) in [5.41, 5.74) is 2.01. The summed E-state index contributed by atoms with van der Waals surface area (Å²) >= 11 is 0. The van der Waals surface area contributed by atoms with Crippen LogP contribution in [0.25, 0.3) is 10.8 Å². The number of pyridine rings is 1. The van der Waals surface area contributed by atoms with Gasteiger partial charge in [0.1, 0.15) is 0 Å². The van der Waals surface area contributed by atoms with Gasteiger partial charge in [-0.05, 0) is 40.6 Å². The zero-order valence-electron chi connectivity index (χ0n) is 15.0. The number of nitrogens with zero attached hydrogens (tertiary/aromatic N) is 2. The number of rotatable bonds is 6. The summed E-state index contributed by atoms with van der Waals surface area (Å²) in [5.74, 6) is 0.00675. The number of amides is 1. The topological polar surface area (TPSA) is 46.9 Å². The third kappa shape index (κ3) is 3.90. The van der Waals surface area contributed by atoms with Gasteiger partial charge >= 0.3 is 0 Å². The van der Waals surface area contributed by atoms with E-state index in [0.29, 0.717) is 13.0 Å². The van der Waals surface area contributed by atoms with Gasteiger partial charge in [-0.2, -0.15) is 0 Å². The Morgan fingerprint density at radius 3 is 2.52 bits per heavy atom. The van der Waals surface area contributed by atoms with Crippen molar-refractivity contribution in [2.24, 2.45) is 0 Å². The molecule has 4 heteroatoms. The SMILES string of the molecule is O=C(C[C@H](c1cccc2ccccc12)n1cccc1)NCc1ccccn1. The van der Waals surface area contributed by atoms with Crippen molar-refractivity contribution in [3.8, 4) is 0 Å². The second-order valence-corrected chi connectivity index (χ2v) is 6.52. The highest BCUT2D eigenvalue weighted by molar-refractivity contribution is 5.87. The summed E-state index contributed by atoms with van der Waals surface area (Å²) in [4.78, 5) is 16.9. The van der Waals surface area contributed by atoms with Crippen molar-refractivity contribution in [2.75, 3.05) is 0 Å². The molecule has 0 bridgehead atoms. The Kier molecular flexibility index (Phi) is 4.97. The molecule has 0 fully saturated rings. The second-order valence-electron chi connectivity index (χ2n) is 6.52. The van der Waals surface area contributed by atoms with E-state index >= 15 is 0 Å². The van der Waals surface area contributed by atoms with E-state index in [1.54, 1.807) is 6.20 Å². The molecule has 0 saturated heterocycles. The van der Waals surface area contributed by atoms with Crippen molar-refractivity contribution in [1.82, 2.24) is 14.9 Å². The molecule has 0 saturated carbocycles. The molecule has 2 aromatic carbocycles. The summed E-state index contributed by atoms with van der Waals surface area (Å²) in [6, 6.07) is 24.2. The van der Waals surface area contributed by atoms with Gasteiger partial charge in [0.25, 0.3) is 0 Å². The number of carbonyl (C=O) groups excluding carboxylic acids is 1. The minimum Gasteiger partial charge on any atom is -0.350 e. The fraction of sp³-hybridized carbons (Fsp3) is 0.130. The average Bonchev–Trinajstić information content (AvgIpc) is 3.25. The lowest BCUT2D eigenvalue weighted by Gasteiger charge is -2.21. The fourth-order valence-electron chi connectivity index (χ4n) is 3.41. The molecule has 0 unspecified atom stereocenters. The van der Waals surface area contributed by atoms with Gasteiger partial charge in [0.05, 0.1) is 24.7 Å². The largest absolute Gasteiger partial charge is 0.350 e. The van der Waals surface area contributed by atoms with Gasteiger partial charge in [0.2, 0.25) is 5.91 Å². The maximum Gasteiger partial charge on any atom is 0.222 e. The number of aromatic nitrogens is 2. The van der Waals surface area contributed by atoms with Gasteiger partial charge in [0.15, 0.2) is 0 Å². The highest BCUT2D eigenvalue weighted by atomic mass is 16.1. The molecule has 1 amide bonds. The Hall–Kier alpha value is -3.40. The van der Waals surface area contributed by atoms with E-state index in [1.165, 1.54) is 10.8 Å². The van der Waals surface area contributed by atoms with Crippen molar-refractivity contribution in [1.29, 1.82) is 0 Å². The molecule has 1 atom stereocenters. The van der Waals surface area contributed by atoms with Crippen LogP contribution in [0.2, 0.25) is 0 Å². The lowest BCUT2D eigenvalue weighted by atomic mass is 9.96. The molecule has 4 nitrogen and oxygen atoms in total. The van der Waals surface area contributed by atoms with Crippen LogP contribution in [0.4, 0.5) is 0 Å². The lowest BCUT2D eigenvalue weighted by Crippen LogP contribution is -2.26. The molecular weight excluding hydrogens is 334 g/mol. The van der Waals surface area contributed by atoms with Crippen molar-refractivity contribution in [2.45, 2.75) is 19.0 Å². The monoisotopic (exact) mass is 355 g/mol. The number of hydrogen-bond donors (Lipinski definition) is 1. The molecule has 27 heavy (non-hydrogen) atoms. The van der Waals surface area contributed by atoms with Crippen LogP contribution in [0, 0.1) is 0 Å². The molecule has 4 aromatic rings. The van der Waals surface area contributed by atoms with E-state index < -0.39 is 0 Å². The van der Waals surface area contributed by atoms with Gasteiger partial charge in [-0.15, -0.1) is 0 Å². The van der Waals surface area contributed by atoms with Gasteiger partial charge in [-0.1, -0.05) is 48.5 Å². The van der Waals surface area contributed by atoms with Gasteiger partial charge < -0.3 is 9.88 Å². The number of nitrogens with one attached hydrogen (secondary N) is 1. The maximum atomic E-state index is 12.7. The van der Waals surface area contributed by atoms with E-state index in [-0.39, 0.29) is 11.9 Å². The first-order valence-electron chi connectivity index (χ1n) is 9.08. The number of carbonyl (C=O) groups is 1. The van der Waals surface area contributed by atoms with Crippen LogP contribution >= 0.6 is 0 Å². The minimum atomic E-state index is -0.0603. The molecular formula is C23H21N3O. The molecule has 2 heterocycles. The van der Waals surface area contributed by atoms with Crippen LogP contribution < -0.4 is 5.32 Å². The van der Waals surface area contributed by atoms with Gasteiger partial charge in [-0.3, -0.25) is 9.78 Å². The van der Waals surface area contributed by atoms with E-state index in [4.69, 9.17) is 0 Å². The molecule has 134 valence electrons. The van der Waals surface area contributed by atoms with Gasteiger partial charge in [0, 0.05) is 18.6 Å². The molecule has 0 aliphatic rings. The second kappa shape index (κ2) is 7.87. The first kappa shape index (κ1) is 17.0. The molecule has 4 rings (SSSR count). The molecule has 1 N–H and O–H groups in total. The van der Waals surface area contributed by atoms with E-state index in [9.17, 15) is 4.79 Å². The third-order valence-electron chi connectivity index (χ3n) is 4.74. The highest BCUT2D eigenvalue weighted by Gasteiger charge is 2.19. The summed E-state index contributed by atoms with van der Waals surface area (Å²) in [6.45, 7) is 0.438. The number of benzene rings is 2. The molecule has 0 aliphatic heterocycles. The van der Waals surface area contributed by atoms with E-state index in [1.807, 2.05) is 54.9 Å². The first-order chi connectivity index (χ1) is 13.3. The lowest BCUT2D eigenvalue weighted by molar-refractivity contribution is -0.121. The predicted octanol–water partition coefficient (Wildman–Crippen LogP) is 4.33. The Balaban J connectivity index is 1.59. The molecule has 2 aromatic heterocycles. The minimum absolute atomic E-state index is 0.00675. The molecule has 0 spiro atoms. The Labute approximate surface area is 158 Å². The third-order valence-corrected chi connectivity index (χ3v) is 4.74. The van der Waals surface area contributed by atoms with Crippen LogP contribution in [0.5, 0.6) is 0 Å². The fourth-order valence-corrected chi connectivity index (χ4v) is 3.41. The smallest absolute Gasteiger partial charge is 0.222 e. The standard InChI is InChI=1S/C23H21N3O/c27-23(25-17-19-10-3-4-13-24-19)16-22(26-14-5-6-15-26)21-12-7-9-18-8-1-2-11-20(18)21/h1-15,22H,16-17H2,(H,25,27)/t22-/m1/s1. The summed E-state index contributed by atoms with van der Waals surface area (Å²) < 4.78 is 2.10.